The lowest BCUT2D eigenvalue weighted by molar-refractivity contribution is 0.0156. The van der Waals surface area contributed by atoms with Crippen LogP contribution in [0.3, 0.4) is 0 Å². The molecule has 0 unspecified atom stereocenters. The van der Waals surface area contributed by atoms with Crippen LogP contribution in [-0.4, -0.2) is 35.1 Å². The number of carbonyl (C=O) groups is 1. The molecule has 0 aromatic heterocycles. The average molecular weight is 326 g/mol. The third-order valence-electron chi connectivity index (χ3n) is 3.91. The smallest absolute Gasteiger partial charge is 0.254 e. The van der Waals surface area contributed by atoms with Crippen LogP contribution in [0.2, 0.25) is 0 Å². The molecule has 0 bridgehead atoms. The molecule has 4 heteroatoms. The summed E-state index contributed by atoms with van der Waals surface area (Å²) in [6.45, 7) is 2.34. The molecule has 0 atom stereocenters. The molecule has 0 aliphatic heterocycles. The van der Waals surface area contributed by atoms with Crippen molar-refractivity contribution in [2.45, 2.75) is 38.2 Å². The molecule has 0 saturated heterocycles. The van der Waals surface area contributed by atoms with Gasteiger partial charge in [-0.15, -0.1) is 0 Å². The number of rotatable bonds is 3. The molecule has 1 amide bonds. The number of halogens is 1. The van der Waals surface area contributed by atoms with Gasteiger partial charge in [0.05, 0.1) is 5.60 Å². The predicted molar refractivity (Wildman–Crippen MR) is 79.3 cm³/mol. The summed E-state index contributed by atoms with van der Waals surface area (Å²) in [5, 5.41) is 10.4. The number of carbonyl (C=O) groups excluding carboxylic acids is 1. The topological polar surface area (TPSA) is 40.5 Å². The molecule has 3 nitrogen and oxygen atoms in total. The van der Waals surface area contributed by atoms with Crippen molar-refractivity contribution in [2.24, 2.45) is 0 Å². The van der Waals surface area contributed by atoms with Gasteiger partial charge in [0.2, 0.25) is 0 Å². The highest BCUT2D eigenvalue weighted by Crippen LogP contribution is 2.30. The number of amides is 1. The Morgan fingerprint density at radius 2 is 2.05 bits per heavy atom. The van der Waals surface area contributed by atoms with Crippen LogP contribution in [-0.2, 0) is 0 Å². The summed E-state index contributed by atoms with van der Waals surface area (Å²) < 4.78 is 0.936. The van der Waals surface area contributed by atoms with Crippen molar-refractivity contribution >= 4 is 21.8 Å². The van der Waals surface area contributed by atoms with Crippen molar-refractivity contribution in [2.75, 3.05) is 13.6 Å². The van der Waals surface area contributed by atoms with Crippen molar-refractivity contribution in [3.63, 3.8) is 0 Å². The number of benzene rings is 1. The van der Waals surface area contributed by atoms with Gasteiger partial charge in [-0.1, -0.05) is 34.8 Å². The predicted octanol–water partition coefficient (Wildman–Crippen LogP) is 3.13. The second kappa shape index (κ2) is 5.63. The van der Waals surface area contributed by atoms with Gasteiger partial charge in [-0.25, -0.2) is 0 Å². The maximum atomic E-state index is 12.4. The highest BCUT2D eigenvalue weighted by atomic mass is 79.9. The molecule has 1 fully saturated rings. The zero-order valence-corrected chi connectivity index (χ0v) is 13.0. The fourth-order valence-electron chi connectivity index (χ4n) is 2.75. The molecule has 0 heterocycles. The molecule has 2 rings (SSSR count). The Bertz CT molecular complexity index is 481. The van der Waals surface area contributed by atoms with E-state index in [2.05, 4.69) is 15.9 Å². The summed E-state index contributed by atoms with van der Waals surface area (Å²) in [5.41, 5.74) is 0.945. The van der Waals surface area contributed by atoms with Gasteiger partial charge >= 0.3 is 0 Å². The maximum absolute atomic E-state index is 12.4. The molecule has 19 heavy (non-hydrogen) atoms. The Morgan fingerprint density at radius 1 is 1.42 bits per heavy atom. The molecule has 1 aromatic carbocycles. The third kappa shape index (κ3) is 3.18. The number of likely N-dealkylation sites (N-methyl/N-ethyl adjacent to an activating group) is 1. The molecule has 1 N–H and O–H groups in total. The van der Waals surface area contributed by atoms with Crippen molar-refractivity contribution in [3.05, 3.63) is 33.8 Å². The van der Waals surface area contributed by atoms with E-state index in [1.54, 1.807) is 11.9 Å². The number of nitrogens with zero attached hydrogens (tertiary/aromatic N) is 1. The highest BCUT2D eigenvalue weighted by molar-refractivity contribution is 9.10. The number of hydrogen-bond acceptors (Lipinski definition) is 2. The Hall–Kier alpha value is -0.870. The van der Waals surface area contributed by atoms with Gasteiger partial charge in [0.25, 0.3) is 5.91 Å². The molecule has 104 valence electrons. The van der Waals surface area contributed by atoms with E-state index in [4.69, 9.17) is 0 Å². The highest BCUT2D eigenvalue weighted by Gasteiger charge is 2.33. The fourth-order valence-corrected chi connectivity index (χ4v) is 3.12. The van der Waals surface area contributed by atoms with Crippen molar-refractivity contribution in [3.8, 4) is 0 Å². The van der Waals surface area contributed by atoms with E-state index in [0.717, 1.165) is 35.7 Å². The van der Waals surface area contributed by atoms with Gasteiger partial charge < -0.3 is 10.0 Å². The van der Waals surface area contributed by atoms with Gasteiger partial charge in [0.1, 0.15) is 0 Å². The van der Waals surface area contributed by atoms with Gasteiger partial charge in [0, 0.05) is 23.6 Å². The van der Waals surface area contributed by atoms with Gasteiger partial charge in [-0.05, 0) is 37.5 Å². The number of aliphatic hydroxyl groups is 1. The van der Waals surface area contributed by atoms with Crippen LogP contribution < -0.4 is 0 Å². The molecule has 1 aromatic rings. The fraction of sp³-hybridized carbons (Fsp3) is 0.533. The van der Waals surface area contributed by atoms with E-state index < -0.39 is 5.60 Å². The Balaban J connectivity index is 2.12. The Labute approximate surface area is 122 Å². The van der Waals surface area contributed by atoms with Crippen LogP contribution in [0.25, 0.3) is 0 Å². The van der Waals surface area contributed by atoms with Crippen LogP contribution in [0.15, 0.2) is 22.7 Å². The van der Waals surface area contributed by atoms with Crippen LogP contribution in [0, 0.1) is 6.92 Å². The zero-order valence-electron chi connectivity index (χ0n) is 11.4. The van der Waals surface area contributed by atoms with Crippen LogP contribution in [0.4, 0.5) is 0 Å². The molecular weight excluding hydrogens is 306 g/mol. The minimum atomic E-state index is -0.690. The molecule has 0 spiro atoms. The normalized spacial score (nSPS) is 17.5. The summed E-state index contributed by atoms with van der Waals surface area (Å²) in [5.74, 6) is -0.0286. The second-order valence-electron chi connectivity index (χ2n) is 5.51. The minimum absolute atomic E-state index is 0.0286. The summed E-state index contributed by atoms with van der Waals surface area (Å²) >= 11 is 3.44. The monoisotopic (exact) mass is 325 g/mol. The first kappa shape index (κ1) is 14.5. The Kier molecular flexibility index (Phi) is 4.31. The number of hydrogen-bond donors (Lipinski definition) is 1. The largest absolute Gasteiger partial charge is 0.388 e. The van der Waals surface area contributed by atoms with E-state index in [-0.39, 0.29) is 5.91 Å². The van der Waals surface area contributed by atoms with Crippen LogP contribution in [0.1, 0.15) is 41.6 Å². The molecular formula is C15H20BrNO2. The van der Waals surface area contributed by atoms with Crippen molar-refractivity contribution in [1.29, 1.82) is 0 Å². The standard InChI is InChI=1S/C15H20BrNO2/c1-11-12(6-5-7-13(11)16)14(18)17(2)10-15(19)8-3-4-9-15/h5-7,19H,3-4,8-10H2,1-2H3. The van der Waals surface area contributed by atoms with E-state index in [1.165, 1.54) is 0 Å². The lowest BCUT2D eigenvalue weighted by Gasteiger charge is -2.29. The van der Waals surface area contributed by atoms with E-state index in [0.29, 0.717) is 12.1 Å². The molecule has 1 aliphatic carbocycles. The van der Waals surface area contributed by atoms with E-state index >= 15 is 0 Å². The lowest BCUT2D eigenvalue weighted by Crippen LogP contribution is -2.42. The SMILES string of the molecule is Cc1c(Br)cccc1C(=O)N(C)CC1(O)CCCC1. The molecule has 0 radical (unpaired) electrons. The minimum Gasteiger partial charge on any atom is -0.388 e. The average Bonchev–Trinajstić information content (AvgIpc) is 2.78. The van der Waals surface area contributed by atoms with Gasteiger partial charge in [0.15, 0.2) is 0 Å². The quantitative estimate of drug-likeness (QED) is 0.927. The third-order valence-corrected chi connectivity index (χ3v) is 4.77. The van der Waals surface area contributed by atoms with Crippen molar-refractivity contribution in [1.82, 2.24) is 4.90 Å². The first-order valence-electron chi connectivity index (χ1n) is 6.66. The van der Waals surface area contributed by atoms with E-state index in [1.807, 2.05) is 25.1 Å². The zero-order chi connectivity index (χ0) is 14.0. The maximum Gasteiger partial charge on any atom is 0.254 e. The first-order chi connectivity index (χ1) is 8.93. The second-order valence-corrected chi connectivity index (χ2v) is 6.36. The Morgan fingerprint density at radius 3 is 2.68 bits per heavy atom. The van der Waals surface area contributed by atoms with Gasteiger partial charge in [-0.2, -0.15) is 0 Å². The summed E-state index contributed by atoms with van der Waals surface area (Å²) in [4.78, 5) is 14.1. The summed E-state index contributed by atoms with van der Waals surface area (Å²) in [7, 11) is 1.76. The lowest BCUT2D eigenvalue weighted by atomic mass is 10.0. The van der Waals surface area contributed by atoms with Gasteiger partial charge in [-0.3, -0.25) is 4.79 Å². The molecule has 1 saturated carbocycles. The summed E-state index contributed by atoms with van der Waals surface area (Å²) in [6.07, 6.45) is 3.69. The van der Waals surface area contributed by atoms with Crippen molar-refractivity contribution < 1.29 is 9.90 Å². The van der Waals surface area contributed by atoms with Crippen LogP contribution in [0.5, 0.6) is 0 Å². The molecule has 1 aliphatic rings. The first-order valence-corrected chi connectivity index (χ1v) is 7.45. The summed E-state index contributed by atoms with van der Waals surface area (Å²) in [6, 6.07) is 5.62. The van der Waals surface area contributed by atoms with E-state index in [9.17, 15) is 9.90 Å². The van der Waals surface area contributed by atoms with Crippen LogP contribution >= 0.6 is 15.9 Å².